The third kappa shape index (κ3) is 15.4. The van der Waals surface area contributed by atoms with Gasteiger partial charge in [0.1, 0.15) is 37.0 Å². The van der Waals surface area contributed by atoms with Crippen LogP contribution in [0.3, 0.4) is 0 Å². The number of ether oxygens (including phenoxy) is 1. The van der Waals surface area contributed by atoms with Crippen LogP contribution in [-0.2, 0) is 87.7 Å². The van der Waals surface area contributed by atoms with Crippen LogP contribution in [0.25, 0.3) is 22.0 Å². The van der Waals surface area contributed by atoms with Gasteiger partial charge in [-0.1, -0.05) is 29.7 Å². The second-order valence-corrected chi connectivity index (χ2v) is 27.0. The number of hydrogen-bond donors (Lipinski definition) is 4. The lowest BCUT2D eigenvalue weighted by Gasteiger charge is -2.32. The third-order valence-corrected chi connectivity index (χ3v) is 18.1. The van der Waals surface area contributed by atoms with Gasteiger partial charge in [0.15, 0.2) is 21.3 Å². The summed E-state index contributed by atoms with van der Waals surface area (Å²) in [6.07, 6.45) is -7.83. The Morgan fingerprint density at radius 1 is 0.977 bits per heavy atom. The van der Waals surface area contributed by atoms with E-state index in [0.29, 0.717) is 17.2 Å². The summed E-state index contributed by atoms with van der Waals surface area (Å²) >= 11 is 6.77. The zero-order chi connectivity index (χ0) is 64.9. The molecule has 87 heavy (non-hydrogen) atoms. The number of terminal acetylenes is 1. The van der Waals surface area contributed by atoms with E-state index in [1.807, 2.05) is 0 Å². The molecule has 3 aromatic heterocycles. The molecule has 1 fully saturated rings. The molecule has 3 atom stereocenters. The number of alkyl halides is 8. The first kappa shape index (κ1) is 67.4. The molecule has 0 saturated carbocycles. The summed E-state index contributed by atoms with van der Waals surface area (Å²) in [5.41, 5.74) is -6.55. The maximum Gasteiger partial charge on any atom is 0.472 e. The van der Waals surface area contributed by atoms with E-state index >= 15 is 8.78 Å². The second kappa shape index (κ2) is 24.8. The first-order valence-corrected chi connectivity index (χ1v) is 31.0. The van der Waals surface area contributed by atoms with Crippen LogP contribution in [0.2, 0.25) is 5.02 Å². The quantitative estimate of drug-likeness (QED) is 0.0239. The maximum atomic E-state index is 15.8. The fourth-order valence-electron chi connectivity index (χ4n) is 9.94. The Kier molecular flexibility index (Phi) is 19.2. The topological polar surface area (TPSA) is 303 Å². The molecular formula is C50H51ClF10N9O14PS2. The number of halogens is 11. The number of carbonyl (C=O) groups is 4. The number of carboxylic acid groups (broad SMARTS) is 1. The van der Waals surface area contributed by atoms with Crippen LogP contribution in [-0.4, -0.2) is 146 Å². The van der Waals surface area contributed by atoms with E-state index in [1.165, 1.54) is 26.0 Å². The average Bonchev–Trinajstić information content (AvgIpc) is 1.61. The molecule has 37 heteroatoms. The normalized spacial score (nSPS) is 16.8. The Balaban J connectivity index is 1.43. The van der Waals surface area contributed by atoms with Crippen LogP contribution in [0.15, 0.2) is 42.5 Å². The van der Waals surface area contributed by atoms with E-state index in [1.54, 1.807) is 5.92 Å². The number of nitrogens with zero attached hydrogens (tertiary/aromatic N) is 8. The van der Waals surface area contributed by atoms with Gasteiger partial charge in [0, 0.05) is 47.8 Å². The molecule has 0 unspecified atom stereocenters. The Bertz CT molecular complexity index is 3850. The second-order valence-electron chi connectivity index (χ2n) is 20.9. The zero-order valence-corrected chi connectivity index (χ0v) is 49.0. The lowest BCUT2D eigenvalue weighted by molar-refractivity contribution is -0.143. The number of likely N-dealkylation sites (tertiary alicyclic amines) is 1. The number of aryl methyl sites for hydroxylation is 1. The smallest absolute Gasteiger partial charge is 0.472 e. The molecule has 2 aliphatic rings. The van der Waals surface area contributed by atoms with Crippen molar-refractivity contribution in [3.05, 3.63) is 93.0 Å². The number of anilines is 1. The largest absolute Gasteiger partial charge is 0.480 e. The molecule has 2 aromatic carbocycles. The van der Waals surface area contributed by atoms with Gasteiger partial charge in [0.2, 0.25) is 22.7 Å². The van der Waals surface area contributed by atoms with E-state index in [0.717, 1.165) is 35.4 Å². The monoisotopic (exact) mass is 1320 g/mol. The van der Waals surface area contributed by atoms with Crippen molar-refractivity contribution in [2.45, 2.75) is 101 Å². The van der Waals surface area contributed by atoms with Gasteiger partial charge in [0.05, 0.1) is 50.6 Å². The maximum absolute atomic E-state index is 15.8. The molecule has 0 bridgehead atoms. The van der Waals surface area contributed by atoms with Gasteiger partial charge >= 0.3 is 44.2 Å². The first-order valence-electron chi connectivity index (χ1n) is 25.4. The zero-order valence-electron chi connectivity index (χ0n) is 45.7. The molecule has 4 heterocycles. The summed E-state index contributed by atoms with van der Waals surface area (Å²) in [6.45, 7) is -4.50. The molecule has 474 valence electrons. The van der Waals surface area contributed by atoms with Crippen LogP contribution in [0.5, 0.6) is 0 Å². The minimum Gasteiger partial charge on any atom is -0.480 e. The lowest BCUT2D eigenvalue weighted by Crippen LogP contribution is -2.52. The van der Waals surface area contributed by atoms with Gasteiger partial charge in [-0.05, 0) is 82.2 Å². The fraction of sp³-hybridized carbons (Fsp3) is 0.460. The van der Waals surface area contributed by atoms with E-state index < -0.39 is 200 Å². The number of benzene rings is 2. The summed E-state index contributed by atoms with van der Waals surface area (Å²) in [6, 6.07) is 1.70. The third-order valence-electron chi connectivity index (χ3n) is 14.2. The van der Waals surface area contributed by atoms with Crippen LogP contribution < -0.4 is 9.62 Å². The summed E-state index contributed by atoms with van der Waals surface area (Å²) < 4.78 is 222. The van der Waals surface area contributed by atoms with Crippen molar-refractivity contribution in [2.24, 2.45) is 5.92 Å². The minimum atomic E-state index is -5.36. The molecule has 5 aromatic rings. The van der Waals surface area contributed by atoms with E-state index in [2.05, 4.69) is 29.8 Å². The highest BCUT2D eigenvalue weighted by molar-refractivity contribution is 7.93. The number of phosphoric acid groups is 1. The van der Waals surface area contributed by atoms with Crippen molar-refractivity contribution < 1.29 is 109 Å². The number of rotatable bonds is 21. The number of aromatic nitrogens is 5. The highest BCUT2D eigenvalue weighted by atomic mass is 35.5. The highest BCUT2D eigenvalue weighted by Gasteiger charge is 2.56. The van der Waals surface area contributed by atoms with Crippen LogP contribution in [0, 0.1) is 29.9 Å². The Hall–Kier alpha value is -7.09. The van der Waals surface area contributed by atoms with Gasteiger partial charge in [-0.3, -0.25) is 28.8 Å². The number of nitrogens with one attached hydrogen (secondary N) is 1. The minimum absolute atomic E-state index is 0.0222. The Morgan fingerprint density at radius 2 is 1.62 bits per heavy atom. The van der Waals surface area contributed by atoms with Crippen LogP contribution in [0.4, 0.5) is 59.3 Å². The number of hydrogen-bond acceptors (Lipinski definition) is 14. The van der Waals surface area contributed by atoms with Gasteiger partial charge in [0.25, 0.3) is 0 Å². The summed E-state index contributed by atoms with van der Waals surface area (Å²) in [4.78, 5) is 77.9. The number of carboxylic acids is 1. The molecule has 1 aliphatic carbocycles. The number of amides is 4. The van der Waals surface area contributed by atoms with E-state index in [4.69, 9.17) is 27.8 Å². The summed E-state index contributed by atoms with van der Waals surface area (Å²) in [7, 11) is -14.1. The van der Waals surface area contributed by atoms with Gasteiger partial charge < -0.3 is 29.8 Å². The Labute approximate surface area is 492 Å². The van der Waals surface area contributed by atoms with Gasteiger partial charge in [-0.15, -0.1) is 6.42 Å². The standard InChI is InChI=1S/C50H51ClF10N9O14PS2/c1-6-27-19-34-42(50(59,60)61)64-68(43(34)49(27,57)58)22-37(71)63-36(18-26-16-28(52)20-29(53)17-26)40-32(10-9-30(62-40)13-14-47(2,3)86(4,79)80)33-11-12-35(51)39-41(33)69(24-48(54,55)56)65-44(39)70(87(5,81)82)45(74)67-15-7-8-31(67)21-66(23-38(72)73)46(75)83-25-84-85(76,77)78/h1,9-12,16-17,20,27,31,36H,7-8,13-15,18-19,21-25H2,2-5H3,(H,63,71)(H,72,73)(H2,76,77,78)/t27-,31+,36+/m1/s1. The van der Waals surface area contributed by atoms with Crippen molar-refractivity contribution in [2.75, 3.05) is 43.2 Å². The molecule has 0 spiro atoms. The fourth-order valence-corrected chi connectivity index (χ4v) is 11.7. The molecule has 1 aliphatic heterocycles. The number of phosphoric ester groups is 1. The predicted octanol–water partition coefficient (Wildman–Crippen LogP) is 7.50. The van der Waals surface area contributed by atoms with Crippen molar-refractivity contribution >= 4 is 80.0 Å². The predicted molar refractivity (Wildman–Crippen MR) is 286 cm³/mol. The molecule has 4 amide bonds. The number of urea groups is 1. The van der Waals surface area contributed by atoms with Crippen molar-refractivity contribution in [1.29, 1.82) is 0 Å². The SMILES string of the molecule is C#C[C@@H]1Cc2c(C(F)(F)F)nn(CC(=O)N[C@@H](Cc3cc(F)cc(F)c3)c3nc(CCC(C)(C)S(C)(=O)=O)ccc3-c3ccc(Cl)c4c(N(C(=O)N5CCC[C@H]5CN(CC(=O)O)C(=O)OCOP(=O)(O)O)S(C)(=O)=O)nn(CC(F)(F)F)c34)c2C1(F)F. The number of fused-ring (bicyclic) bond motifs is 2. The number of sulfonamides is 1. The average molecular weight is 1320 g/mol. The first-order chi connectivity index (χ1) is 40.0. The summed E-state index contributed by atoms with van der Waals surface area (Å²) in [5.74, 6) is -11.2. The molecule has 1 saturated heterocycles. The van der Waals surface area contributed by atoms with Crippen molar-refractivity contribution in [1.82, 2.24) is 39.7 Å². The van der Waals surface area contributed by atoms with E-state index in [-0.39, 0.29) is 62.7 Å². The summed E-state index contributed by atoms with van der Waals surface area (Å²) in [5, 5.41) is 18.0. The van der Waals surface area contributed by atoms with Crippen LogP contribution >= 0.6 is 19.4 Å². The van der Waals surface area contributed by atoms with Crippen LogP contribution in [0.1, 0.15) is 73.1 Å². The molecule has 7 rings (SSSR count). The number of carbonyl (C=O) groups excluding carboxylic acids is 3. The van der Waals surface area contributed by atoms with Gasteiger partial charge in [-0.25, -0.2) is 44.3 Å². The van der Waals surface area contributed by atoms with Crippen molar-refractivity contribution in [3.8, 4) is 23.5 Å². The Morgan fingerprint density at radius 3 is 2.20 bits per heavy atom. The highest BCUT2D eigenvalue weighted by Crippen LogP contribution is 2.50. The molecule has 0 radical (unpaired) electrons. The number of pyridine rings is 1. The molecule has 4 N–H and O–H groups in total. The molecule has 23 nitrogen and oxygen atoms in total. The van der Waals surface area contributed by atoms with E-state index in [9.17, 15) is 80.8 Å². The lowest BCUT2D eigenvalue weighted by atomic mass is 9.93. The van der Waals surface area contributed by atoms with Gasteiger partial charge in [-0.2, -0.15) is 49.6 Å². The number of sulfone groups is 1. The number of aliphatic carboxylic acids is 1. The van der Waals surface area contributed by atoms with Crippen molar-refractivity contribution in [3.63, 3.8) is 0 Å². The molecular weight excluding hydrogens is 1270 g/mol.